The summed E-state index contributed by atoms with van der Waals surface area (Å²) in [5.41, 5.74) is 0.664. The number of ether oxygens (including phenoxy) is 1. The van der Waals surface area contributed by atoms with Crippen molar-refractivity contribution in [3.05, 3.63) is 47.7 Å². The second-order valence-corrected chi connectivity index (χ2v) is 10.7. The van der Waals surface area contributed by atoms with Crippen molar-refractivity contribution < 1.29 is 13.5 Å². The summed E-state index contributed by atoms with van der Waals surface area (Å²) in [6.07, 6.45) is 1.11. The molecule has 130 valence electrons. The minimum Gasteiger partial charge on any atom is -0.459 e. The summed E-state index contributed by atoms with van der Waals surface area (Å²) in [7, 11) is -1.79. The van der Waals surface area contributed by atoms with Crippen molar-refractivity contribution in [2.45, 2.75) is 45.5 Å². The first kappa shape index (κ1) is 18.3. The van der Waals surface area contributed by atoms with Gasteiger partial charge in [0, 0.05) is 0 Å². The molecule has 1 aromatic heterocycles. The van der Waals surface area contributed by atoms with Crippen molar-refractivity contribution in [3.63, 3.8) is 0 Å². The zero-order valence-electron chi connectivity index (χ0n) is 14.3. The monoisotopic (exact) mass is 351 g/mol. The van der Waals surface area contributed by atoms with Gasteiger partial charge in [-0.25, -0.2) is 13.8 Å². The maximum Gasteiger partial charge on any atom is 0.318 e. The molecule has 1 heterocycles. The first-order chi connectivity index (χ1) is 11.5. The molecule has 0 bridgehead atoms. The van der Waals surface area contributed by atoms with Crippen LogP contribution in [0.1, 0.15) is 26.3 Å². The van der Waals surface area contributed by atoms with Gasteiger partial charge >= 0.3 is 6.01 Å². The van der Waals surface area contributed by atoms with Crippen LogP contribution in [0.15, 0.2) is 30.5 Å². The van der Waals surface area contributed by atoms with Gasteiger partial charge in [-0.05, 0) is 35.8 Å². The van der Waals surface area contributed by atoms with E-state index < -0.39 is 14.1 Å². The first-order valence-corrected chi connectivity index (χ1v) is 10.8. The highest BCUT2D eigenvalue weighted by molar-refractivity contribution is 6.82. The van der Waals surface area contributed by atoms with Gasteiger partial charge in [0.2, 0.25) is 0 Å². The predicted octanol–water partition coefficient (Wildman–Crippen LogP) is 4.75. The van der Waals surface area contributed by atoms with Crippen LogP contribution in [0.5, 0.6) is 6.01 Å². The second kappa shape index (κ2) is 8.19. The maximum absolute atomic E-state index is 14.1. The summed E-state index contributed by atoms with van der Waals surface area (Å²) in [5.74, 6) is -0.625. The molecule has 0 atom stereocenters. The van der Waals surface area contributed by atoms with Crippen molar-refractivity contribution in [2.75, 3.05) is 4.98 Å². The van der Waals surface area contributed by atoms with Crippen molar-refractivity contribution >= 4 is 14.1 Å². The van der Waals surface area contributed by atoms with E-state index in [2.05, 4.69) is 35.7 Å². The summed E-state index contributed by atoms with van der Waals surface area (Å²) < 4.78 is 32.7. The molecule has 2 rings (SSSR count). The molecule has 7 heteroatoms. The molecule has 4 nitrogen and oxygen atoms in total. The Balaban J connectivity index is 2.13. The molecule has 2 aromatic rings. The smallest absolute Gasteiger partial charge is 0.318 e. The average Bonchev–Trinajstić information content (AvgIpc) is 2.60. The number of benzene rings is 1. The second-order valence-electron chi connectivity index (χ2n) is 5.73. The third kappa shape index (κ3) is 4.50. The maximum atomic E-state index is 14.1. The normalized spacial score (nSPS) is 11.4. The zero-order valence-corrected chi connectivity index (χ0v) is 15.3. The molecule has 0 radical (unpaired) electrons. The van der Waals surface area contributed by atoms with E-state index in [9.17, 15) is 8.78 Å². The lowest BCUT2D eigenvalue weighted by Crippen LogP contribution is -2.42. The summed E-state index contributed by atoms with van der Waals surface area (Å²) in [4.78, 5) is 11.3. The van der Waals surface area contributed by atoms with E-state index >= 15 is 0 Å². The minimum atomic E-state index is -1.79. The Morgan fingerprint density at radius 1 is 1.12 bits per heavy atom. The lowest BCUT2D eigenvalue weighted by molar-refractivity contribution is 0.279. The summed E-state index contributed by atoms with van der Waals surface area (Å²) >= 11 is 0. The van der Waals surface area contributed by atoms with Gasteiger partial charge in [0.15, 0.2) is 19.9 Å². The van der Waals surface area contributed by atoms with E-state index in [0.717, 1.165) is 24.3 Å². The molecule has 1 N–H and O–H groups in total. The predicted molar refractivity (Wildman–Crippen MR) is 93.5 cm³/mol. The number of nitrogens with one attached hydrogen (secondary N) is 1. The van der Waals surface area contributed by atoms with Crippen molar-refractivity contribution in [1.29, 1.82) is 0 Å². The van der Waals surface area contributed by atoms with Gasteiger partial charge in [0.1, 0.15) is 12.4 Å². The van der Waals surface area contributed by atoms with Crippen LogP contribution in [0.3, 0.4) is 0 Å². The number of anilines is 1. The van der Waals surface area contributed by atoms with E-state index in [0.29, 0.717) is 5.56 Å². The van der Waals surface area contributed by atoms with Crippen LogP contribution < -0.4 is 9.72 Å². The van der Waals surface area contributed by atoms with E-state index in [1.165, 1.54) is 12.1 Å². The van der Waals surface area contributed by atoms with Gasteiger partial charge in [-0.1, -0.05) is 32.9 Å². The van der Waals surface area contributed by atoms with Crippen LogP contribution in [0.2, 0.25) is 18.1 Å². The molecule has 0 aliphatic carbocycles. The van der Waals surface area contributed by atoms with Gasteiger partial charge in [0.05, 0.1) is 6.20 Å². The Morgan fingerprint density at radius 3 is 2.46 bits per heavy atom. The van der Waals surface area contributed by atoms with Crippen LogP contribution in [-0.4, -0.2) is 18.2 Å². The molecule has 1 aromatic carbocycles. The highest BCUT2D eigenvalue weighted by atomic mass is 28.3. The van der Waals surface area contributed by atoms with E-state index in [-0.39, 0.29) is 24.3 Å². The topological polar surface area (TPSA) is 47.0 Å². The van der Waals surface area contributed by atoms with Crippen LogP contribution >= 0.6 is 0 Å². The van der Waals surface area contributed by atoms with E-state index in [1.54, 1.807) is 12.1 Å². The first-order valence-electron chi connectivity index (χ1n) is 8.20. The number of halogens is 2. The van der Waals surface area contributed by atoms with Crippen molar-refractivity contribution in [3.8, 4) is 6.01 Å². The van der Waals surface area contributed by atoms with Gasteiger partial charge in [0.25, 0.3) is 0 Å². The lowest BCUT2D eigenvalue weighted by atomic mass is 10.2. The van der Waals surface area contributed by atoms with Crippen LogP contribution in [-0.2, 0) is 6.61 Å². The van der Waals surface area contributed by atoms with Gasteiger partial charge in [-0.3, -0.25) is 0 Å². The van der Waals surface area contributed by atoms with Crippen LogP contribution in [0.25, 0.3) is 0 Å². The largest absolute Gasteiger partial charge is 0.459 e. The van der Waals surface area contributed by atoms with Crippen LogP contribution in [0, 0.1) is 11.6 Å². The Labute approximate surface area is 142 Å². The van der Waals surface area contributed by atoms with Crippen molar-refractivity contribution in [2.24, 2.45) is 0 Å². The molecule has 0 fully saturated rings. The summed E-state index contributed by atoms with van der Waals surface area (Å²) in [6, 6.07) is 9.14. The highest BCUT2D eigenvalue weighted by Crippen LogP contribution is 2.24. The molecule has 0 aliphatic heterocycles. The van der Waals surface area contributed by atoms with Gasteiger partial charge in [-0.15, -0.1) is 0 Å². The molecular weight excluding hydrogens is 328 g/mol. The highest BCUT2D eigenvalue weighted by Gasteiger charge is 2.29. The standard InChI is InChI=1S/C17H23F2N3OSi/c1-4-24(5-2,6-3)22-16-15(19)11-20-17(21-16)23-12-13-8-7-9-14(18)10-13/h7-11H,4-6,12H2,1-3H3,(H,20,21,22). The third-order valence-electron chi connectivity index (χ3n) is 4.39. The molecular formula is C17H23F2N3OSi. The Hall–Kier alpha value is -2.02. The van der Waals surface area contributed by atoms with E-state index in [1.807, 2.05) is 0 Å². The molecule has 24 heavy (non-hydrogen) atoms. The Kier molecular flexibility index (Phi) is 6.25. The average molecular weight is 351 g/mol. The number of nitrogens with zero attached hydrogens (tertiary/aromatic N) is 2. The van der Waals surface area contributed by atoms with Crippen LogP contribution in [0.4, 0.5) is 14.6 Å². The number of hydrogen-bond acceptors (Lipinski definition) is 4. The molecule has 0 spiro atoms. The third-order valence-corrected chi connectivity index (χ3v) is 9.22. The molecule has 0 amide bonds. The SMILES string of the molecule is CC[Si](CC)(CC)Nc1nc(OCc2cccc(F)c2)ncc1F. The molecule has 0 aliphatic rings. The van der Waals surface area contributed by atoms with Crippen molar-refractivity contribution in [1.82, 2.24) is 9.97 Å². The number of hydrogen-bond donors (Lipinski definition) is 1. The van der Waals surface area contributed by atoms with E-state index in [4.69, 9.17) is 4.74 Å². The molecule has 0 saturated carbocycles. The summed E-state index contributed by atoms with van der Waals surface area (Å²) in [6.45, 7) is 6.48. The number of aromatic nitrogens is 2. The summed E-state index contributed by atoms with van der Waals surface area (Å²) in [5, 5.41) is 0. The fourth-order valence-corrected chi connectivity index (χ4v) is 5.26. The zero-order chi connectivity index (χ0) is 17.6. The molecule has 0 saturated heterocycles. The fraction of sp³-hybridized carbons (Fsp3) is 0.412. The number of rotatable bonds is 8. The minimum absolute atomic E-state index is 0.0781. The van der Waals surface area contributed by atoms with Gasteiger partial charge < -0.3 is 9.72 Å². The Morgan fingerprint density at radius 2 is 1.83 bits per heavy atom. The fourth-order valence-electron chi connectivity index (χ4n) is 2.55. The lowest BCUT2D eigenvalue weighted by Gasteiger charge is -2.29. The Bertz CT molecular complexity index is 672. The molecule has 0 unspecified atom stereocenters. The quantitative estimate of drug-likeness (QED) is 0.697. The van der Waals surface area contributed by atoms with Gasteiger partial charge in [-0.2, -0.15) is 4.98 Å².